The summed E-state index contributed by atoms with van der Waals surface area (Å²) in [6.07, 6.45) is 15.1. The number of rotatable bonds is 14. The molecule has 2 aromatic rings. The Morgan fingerprint density at radius 3 is 2.25 bits per heavy atom. The molecule has 1 aromatic heterocycles. The van der Waals surface area contributed by atoms with Crippen molar-refractivity contribution in [3.63, 3.8) is 0 Å². The zero-order valence-corrected chi connectivity index (χ0v) is 22.4. The highest BCUT2D eigenvalue weighted by atomic mass is 16.3. The third-order valence-electron chi connectivity index (χ3n) is 7.33. The lowest BCUT2D eigenvalue weighted by molar-refractivity contribution is -0.672. The van der Waals surface area contributed by atoms with E-state index in [1.807, 2.05) is 30.5 Å². The van der Waals surface area contributed by atoms with Crippen LogP contribution in [0.2, 0.25) is 0 Å². The second-order valence-electron chi connectivity index (χ2n) is 9.91. The van der Waals surface area contributed by atoms with Crippen molar-refractivity contribution < 1.29 is 8.98 Å². The summed E-state index contributed by atoms with van der Waals surface area (Å²) in [5.74, 6) is 0.549. The summed E-state index contributed by atoms with van der Waals surface area (Å²) in [6, 6.07) is 11.8. The number of aromatic nitrogens is 2. The van der Waals surface area contributed by atoms with Crippen LogP contribution in [0.3, 0.4) is 0 Å². The van der Waals surface area contributed by atoms with Gasteiger partial charge in [0.15, 0.2) is 17.5 Å². The molecule has 0 amide bonds. The average molecular weight is 489 g/mol. The molecule has 4 rings (SSSR count). The Morgan fingerprint density at radius 1 is 0.861 bits per heavy atom. The van der Waals surface area contributed by atoms with E-state index in [0.29, 0.717) is 11.3 Å². The maximum absolute atomic E-state index is 13.2. The molecule has 0 atom stereocenters. The number of benzene rings is 2. The zero-order valence-electron chi connectivity index (χ0n) is 22.4. The lowest BCUT2D eigenvalue weighted by Crippen LogP contribution is -2.38. The van der Waals surface area contributed by atoms with Gasteiger partial charge in [0.05, 0.1) is 5.39 Å². The highest BCUT2D eigenvalue weighted by Crippen LogP contribution is 2.31. The molecule has 1 aliphatic carbocycles. The number of hydrogen-bond acceptors (Lipinski definition) is 4. The van der Waals surface area contributed by atoms with Crippen molar-refractivity contribution in [2.75, 3.05) is 18.0 Å². The van der Waals surface area contributed by atoms with Gasteiger partial charge in [0.1, 0.15) is 17.8 Å². The monoisotopic (exact) mass is 488 g/mol. The fourth-order valence-corrected chi connectivity index (χ4v) is 5.26. The summed E-state index contributed by atoms with van der Waals surface area (Å²) in [5, 5.41) is 0.866. The van der Waals surface area contributed by atoms with Gasteiger partial charge in [0.25, 0.3) is 10.9 Å². The normalized spacial score (nSPS) is 11.6. The van der Waals surface area contributed by atoms with Crippen LogP contribution in [0.25, 0.3) is 33.5 Å². The molecule has 0 saturated heterocycles. The maximum atomic E-state index is 13.2. The predicted octanol–water partition coefficient (Wildman–Crippen LogP) is 7.50. The van der Waals surface area contributed by atoms with Crippen molar-refractivity contribution in [3.05, 3.63) is 52.8 Å². The number of pyridine rings is 1. The number of unbranched alkanes of at least 4 members (excludes halogenated alkanes) is 9. The third kappa shape index (κ3) is 6.05. The first-order valence-corrected chi connectivity index (χ1v) is 14.1. The van der Waals surface area contributed by atoms with Crippen LogP contribution >= 0.6 is 0 Å². The zero-order chi connectivity index (χ0) is 25.3. The molecular weight excluding hydrogens is 446 g/mol. The number of hydrogen-bond donors (Lipinski definition) is 0. The Morgan fingerprint density at radius 2 is 1.56 bits per heavy atom. The lowest BCUT2D eigenvalue weighted by atomic mass is 10.1. The largest absolute Gasteiger partial charge is 0.453 e. The van der Waals surface area contributed by atoms with E-state index in [9.17, 15) is 4.79 Å². The van der Waals surface area contributed by atoms with Gasteiger partial charge in [-0.15, -0.1) is 0 Å². The maximum Gasteiger partial charge on any atom is 0.262 e. The molecule has 36 heavy (non-hydrogen) atoms. The van der Waals surface area contributed by atoms with Gasteiger partial charge in [-0.05, 0) is 38.5 Å². The van der Waals surface area contributed by atoms with Crippen molar-refractivity contribution in [1.29, 1.82) is 0 Å². The van der Waals surface area contributed by atoms with Gasteiger partial charge in [0, 0.05) is 43.4 Å². The van der Waals surface area contributed by atoms with Gasteiger partial charge in [-0.1, -0.05) is 58.3 Å². The van der Waals surface area contributed by atoms with Gasteiger partial charge >= 0.3 is 0 Å². The Bertz CT molecular complexity index is 1290. The molecule has 1 aliphatic heterocycles. The van der Waals surface area contributed by atoms with Gasteiger partial charge in [-0.3, -0.25) is 4.79 Å². The van der Waals surface area contributed by atoms with Crippen molar-refractivity contribution in [1.82, 2.24) is 4.98 Å². The molecule has 0 N–H and O–H groups in total. The minimum absolute atomic E-state index is 0.00465. The fourth-order valence-electron chi connectivity index (χ4n) is 5.26. The molecule has 0 fully saturated rings. The Hall–Kier alpha value is -2.95. The van der Waals surface area contributed by atoms with Crippen molar-refractivity contribution in [2.24, 2.45) is 0 Å². The van der Waals surface area contributed by atoms with E-state index in [1.165, 1.54) is 57.8 Å². The topological polar surface area (TPSA) is 50.2 Å². The van der Waals surface area contributed by atoms with Crippen LogP contribution in [0.1, 0.15) is 85.0 Å². The highest BCUT2D eigenvalue weighted by Gasteiger charge is 2.22. The molecular formula is C31H42N3O2+. The summed E-state index contributed by atoms with van der Waals surface area (Å²) in [6.45, 7) is 9.26. The molecule has 2 heterocycles. The molecule has 0 radical (unpaired) electrons. The first-order chi connectivity index (χ1) is 17.7. The second kappa shape index (κ2) is 12.8. The summed E-state index contributed by atoms with van der Waals surface area (Å²) in [4.78, 5) is 20.4. The quantitative estimate of drug-likeness (QED) is 0.0798. The molecule has 5 heteroatoms. The summed E-state index contributed by atoms with van der Waals surface area (Å²) >= 11 is 0. The van der Waals surface area contributed by atoms with E-state index in [2.05, 4.69) is 36.3 Å². The average Bonchev–Trinajstić information content (AvgIpc) is 2.89. The Kier molecular flexibility index (Phi) is 9.32. The molecule has 0 spiro atoms. The number of aryl methyl sites for hydroxylation is 1. The van der Waals surface area contributed by atoms with Gasteiger partial charge < -0.3 is 9.32 Å². The van der Waals surface area contributed by atoms with Crippen LogP contribution in [-0.2, 0) is 6.54 Å². The minimum atomic E-state index is -0.00465. The first kappa shape index (κ1) is 26.1. The van der Waals surface area contributed by atoms with Crippen molar-refractivity contribution >= 4 is 27.7 Å². The summed E-state index contributed by atoms with van der Waals surface area (Å²) < 4.78 is 8.33. The third-order valence-corrected chi connectivity index (χ3v) is 7.33. The van der Waals surface area contributed by atoms with E-state index in [1.54, 1.807) is 6.07 Å². The Labute approximate surface area is 215 Å². The van der Waals surface area contributed by atoms with Crippen molar-refractivity contribution in [3.8, 4) is 11.5 Å². The fraction of sp³-hybridized carbons (Fsp3) is 0.516. The van der Waals surface area contributed by atoms with Crippen molar-refractivity contribution in [2.45, 2.75) is 91.5 Å². The van der Waals surface area contributed by atoms with Crippen LogP contribution in [0.4, 0.5) is 5.69 Å². The van der Waals surface area contributed by atoms with E-state index >= 15 is 0 Å². The standard InChI is InChI=1S/C31H42N3O2/c1-4-7-8-9-10-11-12-13-14-15-20-34-21-16-17-25-30-29(23-27(35)31(25)34)36-28-22-24(33(5-2)6-3)18-19-26(28)32-30/h16-19,21-23H,4-15,20H2,1-3H3/q+1. The molecule has 2 aliphatic rings. The minimum Gasteiger partial charge on any atom is -0.453 e. The highest BCUT2D eigenvalue weighted by molar-refractivity contribution is 5.93. The van der Waals surface area contributed by atoms with Gasteiger partial charge in [0.2, 0.25) is 0 Å². The molecule has 192 valence electrons. The second-order valence-corrected chi connectivity index (χ2v) is 9.91. The van der Waals surface area contributed by atoms with E-state index in [-0.39, 0.29) is 5.43 Å². The summed E-state index contributed by atoms with van der Waals surface area (Å²) in [7, 11) is 0. The Balaban J connectivity index is 1.49. The van der Waals surface area contributed by atoms with Crippen LogP contribution < -0.4 is 14.9 Å². The van der Waals surface area contributed by atoms with Crippen LogP contribution in [-0.4, -0.2) is 18.1 Å². The van der Waals surface area contributed by atoms with Crippen LogP contribution in [0.5, 0.6) is 0 Å². The van der Waals surface area contributed by atoms with E-state index in [0.717, 1.165) is 53.9 Å². The van der Waals surface area contributed by atoms with Crippen LogP contribution in [0, 0.1) is 0 Å². The molecule has 0 saturated carbocycles. The van der Waals surface area contributed by atoms with Crippen LogP contribution in [0.15, 0.2) is 51.8 Å². The predicted molar refractivity (Wildman–Crippen MR) is 150 cm³/mol. The van der Waals surface area contributed by atoms with E-state index < -0.39 is 0 Å². The van der Waals surface area contributed by atoms with Gasteiger partial charge in [-0.25, -0.2) is 4.98 Å². The molecule has 1 aromatic carbocycles. The number of fused-ring (bicyclic) bond motifs is 4. The molecule has 5 nitrogen and oxygen atoms in total. The first-order valence-electron chi connectivity index (χ1n) is 14.1. The number of anilines is 1. The smallest absolute Gasteiger partial charge is 0.262 e. The molecule has 0 bridgehead atoms. The number of nitrogens with zero attached hydrogens (tertiary/aromatic N) is 3. The summed E-state index contributed by atoms with van der Waals surface area (Å²) in [5.41, 5.74) is 4.10. The van der Waals surface area contributed by atoms with Gasteiger partial charge in [-0.2, -0.15) is 4.57 Å². The lowest BCUT2D eigenvalue weighted by Gasteiger charge is -2.21. The molecule has 0 unspecified atom stereocenters. The SMILES string of the molecule is CCCCCCCCCCCC[n+]1cccc2c3nc4ccc(N(CC)CC)cc4oc-3cc(=O)c21. The van der Waals surface area contributed by atoms with E-state index in [4.69, 9.17) is 9.40 Å².